The van der Waals surface area contributed by atoms with Crippen molar-refractivity contribution in [2.45, 2.75) is 26.2 Å². The van der Waals surface area contributed by atoms with Crippen molar-refractivity contribution >= 4 is 28.2 Å². The van der Waals surface area contributed by atoms with Gasteiger partial charge in [0, 0.05) is 26.6 Å². The van der Waals surface area contributed by atoms with Crippen LogP contribution in [0.4, 0.5) is 5.13 Å². The zero-order valence-electron chi connectivity index (χ0n) is 12.3. The van der Waals surface area contributed by atoms with Gasteiger partial charge in [-0.1, -0.05) is 11.3 Å². The van der Waals surface area contributed by atoms with Gasteiger partial charge >= 0.3 is 5.97 Å². The fourth-order valence-corrected chi connectivity index (χ4v) is 3.56. The molecule has 0 saturated carbocycles. The van der Waals surface area contributed by atoms with Gasteiger partial charge in [-0.15, -0.1) is 0 Å². The number of methoxy groups -OCH3 is 1. The van der Waals surface area contributed by atoms with Crippen molar-refractivity contribution in [1.82, 2.24) is 4.98 Å². The van der Waals surface area contributed by atoms with Crippen molar-refractivity contribution in [3.63, 3.8) is 0 Å². The van der Waals surface area contributed by atoms with Crippen LogP contribution in [-0.4, -0.2) is 48.6 Å². The minimum atomic E-state index is -0.577. The minimum Gasteiger partial charge on any atom is -0.464 e. The lowest BCUT2D eigenvalue weighted by molar-refractivity contribution is 0.0591. The van der Waals surface area contributed by atoms with E-state index in [0.717, 1.165) is 32.4 Å². The van der Waals surface area contributed by atoms with E-state index in [-0.39, 0.29) is 18.1 Å². The van der Waals surface area contributed by atoms with E-state index in [4.69, 9.17) is 5.11 Å². The summed E-state index contributed by atoms with van der Waals surface area (Å²) in [5, 5.41) is 9.75. The molecule has 2 heterocycles. The van der Waals surface area contributed by atoms with E-state index < -0.39 is 5.97 Å². The molecule has 1 saturated heterocycles. The first-order valence-corrected chi connectivity index (χ1v) is 7.84. The smallest absolute Gasteiger partial charge is 0.358 e. The van der Waals surface area contributed by atoms with Gasteiger partial charge < -0.3 is 14.7 Å². The van der Waals surface area contributed by atoms with E-state index in [1.807, 2.05) is 0 Å². The monoisotopic (exact) mass is 312 g/mol. The van der Waals surface area contributed by atoms with E-state index in [1.54, 1.807) is 0 Å². The molecule has 1 unspecified atom stereocenters. The lowest BCUT2D eigenvalue weighted by Crippen LogP contribution is -2.35. The van der Waals surface area contributed by atoms with Gasteiger partial charge in [0.15, 0.2) is 16.6 Å². The highest BCUT2D eigenvalue weighted by atomic mass is 32.1. The summed E-state index contributed by atoms with van der Waals surface area (Å²) in [4.78, 5) is 30.1. The Morgan fingerprint density at radius 2 is 2.29 bits per heavy atom. The standard InChI is InChI=1S/C14H20N2O4S/c1-9(18)12-11(13(19)20-2)15-14(21-12)16-6-3-4-10(8-16)5-7-17/h10,17H,3-8H2,1-2H3. The summed E-state index contributed by atoms with van der Waals surface area (Å²) in [5.74, 6) is -0.329. The van der Waals surface area contributed by atoms with Crippen LogP contribution in [0.25, 0.3) is 0 Å². The zero-order chi connectivity index (χ0) is 15.4. The van der Waals surface area contributed by atoms with Gasteiger partial charge in [0.2, 0.25) is 0 Å². The molecule has 0 bridgehead atoms. The van der Waals surface area contributed by atoms with E-state index >= 15 is 0 Å². The molecule has 1 aromatic rings. The van der Waals surface area contributed by atoms with Gasteiger partial charge in [0.05, 0.1) is 7.11 Å². The molecule has 0 aromatic carbocycles. The Balaban J connectivity index is 2.23. The molecule has 0 radical (unpaired) electrons. The van der Waals surface area contributed by atoms with Crippen LogP contribution >= 0.6 is 11.3 Å². The number of piperidine rings is 1. The summed E-state index contributed by atoms with van der Waals surface area (Å²) in [6.07, 6.45) is 2.88. The van der Waals surface area contributed by atoms with Crippen LogP contribution in [0.5, 0.6) is 0 Å². The first-order chi connectivity index (χ1) is 10.1. The number of ketones is 1. The second kappa shape index (κ2) is 7.00. The van der Waals surface area contributed by atoms with Gasteiger partial charge in [0.25, 0.3) is 0 Å². The second-order valence-electron chi connectivity index (χ2n) is 5.19. The number of thiazole rings is 1. The Morgan fingerprint density at radius 1 is 1.52 bits per heavy atom. The molecule has 1 atom stereocenters. The molecule has 1 aliphatic rings. The molecular formula is C14H20N2O4S. The van der Waals surface area contributed by atoms with Crippen LogP contribution in [0, 0.1) is 5.92 Å². The maximum Gasteiger partial charge on any atom is 0.358 e. The third-order valence-electron chi connectivity index (χ3n) is 3.64. The van der Waals surface area contributed by atoms with Gasteiger partial charge in [-0.2, -0.15) is 0 Å². The van der Waals surface area contributed by atoms with E-state index in [2.05, 4.69) is 14.6 Å². The van der Waals surface area contributed by atoms with E-state index in [1.165, 1.54) is 25.4 Å². The van der Waals surface area contributed by atoms with Gasteiger partial charge in [-0.3, -0.25) is 4.79 Å². The predicted molar refractivity (Wildman–Crippen MR) is 80.1 cm³/mol. The number of anilines is 1. The number of Topliss-reactive ketones (excluding diaryl/α,β-unsaturated/α-hetero) is 1. The Bertz CT molecular complexity index is 527. The summed E-state index contributed by atoms with van der Waals surface area (Å²) in [5.41, 5.74) is 0.106. The lowest BCUT2D eigenvalue weighted by Gasteiger charge is -2.32. The largest absolute Gasteiger partial charge is 0.464 e. The first-order valence-electron chi connectivity index (χ1n) is 7.02. The molecule has 21 heavy (non-hydrogen) atoms. The number of carbonyl (C=O) groups excluding carboxylic acids is 2. The van der Waals surface area contributed by atoms with Crippen LogP contribution < -0.4 is 4.90 Å². The van der Waals surface area contributed by atoms with Crippen LogP contribution in [0.3, 0.4) is 0 Å². The fourth-order valence-electron chi connectivity index (χ4n) is 2.57. The molecule has 7 heteroatoms. The number of hydrogen-bond acceptors (Lipinski definition) is 7. The summed E-state index contributed by atoms with van der Waals surface area (Å²) in [6.45, 7) is 3.26. The highest BCUT2D eigenvalue weighted by molar-refractivity contribution is 7.17. The Hall–Kier alpha value is -1.47. The van der Waals surface area contributed by atoms with E-state index in [0.29, 0.717) is 15.9 Å². The molecule has 6 nitrogen and oxygen atoms in total. The number of nitrogens with zero attached hydrogens (tertiary/aromatic N) is 2. The summed E-state index contributed by atoms with van der Waals surface area (Å²) < 4.78 is 4.69. The summed E-state index contributed by atoms with van der Waals surface area (Å²) in [6, 6.07) is 0. The van der Waals surface area contributed by atoms with Crippen molar-refractivity contribution in [2.24, 2.45) is 5.92 Å². The third-order valence-corrected chi connectivity index (χ3v) is 4.86. The minimum absolute atomic E-state index is 0.106. The molecule has 0 amide bonds. The molecule has 116 valence electrons. The van der Waals surface area contributed by atoms with Gasteiger partial charge in [0.1, 0.15) is 4.88 Å². The van der Waals surface area contributed by atoms with Crippen LogP contribution in [0.2, 0.25) is 0 Å². The third kappa shape index (κ3) is 3.59. The average Bonchev–Trinajstić information content (AvgIpc) is 2.92. The zero-order valence-corrected chi connectivity index (χ0v) is 13.1. The number of carbonyl (C=O) groups is 2. The molecule has 2 rings (SSSR count). The summed E-state index contributed by atoms with van der Waals surface area (Å²) >= 11 is 1.24. The number of ether oxygens (including phenoxy) is 1. The highest BCUT2D eigenvalue weighted by Gasteiger charge is 2.27. The Labute approximate surface area is 127 Å². The number of esters is 1. The number of aromatic nitrogens is 1. The lowest BCUT2D eigenvalue weighted by atomic mass is 9.95. The number of rotatable bonds is 5. The molecule has 0 aliphatic carbocycles. The maximum atomic E-state index is 11.7. The SMILES string of the molecule is COC(=O)c1nc(N2CCCC(CCO)C2)sc1C(C)=O. The highest BCUT2D eigenvalue weighted by Crippen LogP contribution is 2.31. The normalized spacial score (nSPS) is 18.6. The first kappa shape index (κ1) is 15.9. The fraction of sp³-hybridized carbons (Fsp3) is 0.643. The molecular weight excluding hydrogens is 292 g/mol. The Kier molecular flexibility index (Phi) is 5.30. The number of aliphatic hydroxyl groups is 1. The molecule has 0 spiro atoms. The quantitative estimate of drug-likeness (QED) is 0.659. The molecule has 1 aliphatic heterocycles. The van der Waals surface area contributed by atoms with Crippen LogP contribution in [0.1, 0.15) is 46.3 Å². The maximum absolute atomic E-state index is 11.7. The number of aliphatic hydroxyl groups excluding tert-OH is 1. The van der Waals surface area contributed by atoms with Crippen LogP contribution in [0.15, 0.2) is 0 Å². The Morgan fingerprint density at radius 3 is 2.90 bits per heavy atom. The van der Waals surface area contributed by atoms with E-state index in [9.17, 15) is 9.59 Å². The molecule has 1 N–H and O–H groups in total. The number of hydrogen-bond donors (Lipinski definition) is 1. The second-order valence-corrected chi connectivity index (χ2v) is 6.17. The van der Waals surface area contributed by atoms with Crippen molar-refractivity contribution in [2.75, 3.05) is 31.7 Å². The van der Waals surface area contributed by atoms with Crippen molar-refractivity contribution in [1.29, 1.82) is 0 Å². The van der Waals surface area contributed by atoms with Gasteiger partial charge in [-0.05, 0) is 25.2 Å². The average molecular weight is 312 g/mol. The van der Waals surface area contributed by atoms with Gasteiger partial charge in [-0.25, -0.2) is 9.78 Å². The summed E-state index contributed by atoms with van der Waals surface area (Å²) in [7, 11) is 1.28. The van der Waals surface area contributed by atoms with Crippen molar-refractivity contribution in [3.05, 3.63) is 10.6 Å². The van der Waals surface area contributed by atoms with Crippen molar-refractivity contribution in [3.8, 4) is 0 Å². The van der Waals surface area contributed by atoms with Crippen LogP contribution in [-0.2, 0) is 4.74 Å². The topological polar surface area (TPSA) is 79.7 Å². The van der Waals surface area contributed by atoms with Crippen molar-refractivity contribution < 1.29 is 19.4 Å². The molecule has 1 aromatic heterocycles. The molecule has 1 fully saturated rings. The predicted octanol–water partition coefficient (Wildman–Crippen LogP) is 1.73.